The number of fused-ring (bicyclic) bond motifs is 1. The van der Waals surface area contributed by atoms with E-state index in [4.69, 9.17) is 21.3 Å². The standard InChI is InChI=1S/C25H31ClN4O4/c1-4-6-7-14-29-22(28(18(3)31)15-8-9-24(33)34-5-2)16-23(32)30-17-21(27-25(29)30)19-10-12-20(26)13-11-19/h10-13,16-17H,4-9,14-15H2,1-3H3. The van der Waals surface area contributed by atoms with Crippen molar-refractivity contribution in [2.45, 2.75) is 59.4 Å². The number of imidazole rings is 1. The third-order valence-electron chi connectivity index (χ3n) is 5.55. The van der Waals surface area contributed by atoms with Gasteiger partial charge in [-0.15, -0.1) is 0 Å². The summed E-state index contributed by atoms with van der Waals surface area (Å²) in [7, 11) is 0. The number of unbranched alkanes of at least 4 members (excludes halogenated alkanes) is 2. The number of amides is 1. The topological polar surface area (TPSA) is 85.9 Å². The number of rotatable bonds is 11. The highest BCUT2D eigenvalue weighted by atomic mass is 35.5. The molecule has 0 aliphatic carbocycles. The van der Waals surface area contributed by atoms with Crippen LogP contribution in [0.5, 0.6) is 0 Å². The number of esters is 1. The molecule has 1 aromatic carbocycles. The molecule has 182 valence electrons. The van der Waals surface area contributed by atoms with E-state index in [1.165, 1.54) is 17.4 Å². The number of hydrogen-bond acceptors (Lipinski definition) is 5. The quantitative estimate of drug-likeness (QED) is 0.289. The number of aryl methyl sites for hydroxylation is 1. The third kappa shape index (κ3) is 6.05. The molecule has 0 aliphatic heterocycles. The highest BCUT2D eigenvalue weighted by molar-refractivity contribution is 6.30. The third-order valence-corrected chi connectivity index (χ3v) is 5.80. The van der Waals surface area contributed by atoms with Gasteiger partial charge in [-0.3, -0.25) is 28.3 Å². The lowest BCUT2D eigenvalue weighted by Gasteiger charge is -2.25. The summed E-state index contributed by atoms with van der Waals surface area (Å²) in [4.78, 5) is 43.7. The van der Waals surface area contributed by atoms with Crippen molar-refractivity contribution in [2.24, 2.45) is 0 Å². The van der Waals surface area contributed by atoms with E-state index in [1.807, 2.05) is 16.7 Å². The van der Waals surface area contributed by atoms with Crippen molar-refractivity contribution in [3.8, 4) is 11.3 Å². The van der Waals surface area contributed by atoms with Crippen LogP contribution in [0.1, 0.15) is 52.9 Å². The molecular weight excluding hydrogens is 456 g/mol. The fourth-order valence-electron chi connectivity index (χ4n) is 3.85. The first-order chi connectivity index (χ1) is 16.3. The number of anilines is 1. The molecule has 0 saturated carbocycles. The van der Waals surface area contributed by atoms with Gasteiger partial charge in [0.05, 0.1) is 12.3 Å². The van der Waals surface area contributed by atoms with Gasteiger partial charge in [0, 0.05) is 49.3 Å². The number of aromatic nitrogens is 3. The molecule has 3 rings (SSSR count). The van der Waals surface area contributed by atoms with Gasteiger partial charge in [0.15, 0.2) is 0 Å². The largest absolute Gasteiger partial charge is 0.466 e. The molecule has 34 heavy (non-hydrogen) atoms. The number of nitrogens with zero attached hydrogens (tertiary/aromatic N) is 4. The summed E-state index contributed by atoms with van der Waals surface area (Å²) < 4.78 is 8.42. The number of carbonyl (C=O) groups excluding carboxylic acids is 2. The van der Waals surface area contributed by atoms with E-state index in [2.05, 4.69) is 6.92 Å². The van der Waals surface area contributed by atoms with Crippen LogP contribution >= 0.6 is 11.6 Å². The zero-order chi connectivity index (χ0) is 24.7. The molecule has 0 spiro atoms. The molecule has 2 heterocycles. The molecule has 0 unspecified atom stereocenters. The Morgan fingerprint density at radius 2 is 1.85 bits per heavy atom. The van der Waals surface area contributed by atoms with E-state index in [0.717, 1.165) is 24.8 Å². The van der Waals surface area contributed by atoms with Crippen molar-refractivity contribution >= 4 is 35.1 Å². The molecule has 0 N–H and O–H groups in total. The molecule has 9 heteroatoms. The number of benzene rings is 1. The van der Waals surface area contributed by atoms with E-state index in [1.54, 1.807) is 30.2 Å². The highest BCUT2D eigenvalue weighted by Gasteiger charge is 2.20. The Kier molecular flexibility index (Phi) is 8.87. The fraction of sp³-hybridized carbons (Fsp3) is 0.440. The Hall–Kier alpha value is -3.13. The minimum atomic E-state index is -0.303. The smallest absolute Gasteiger partial charge is 0.305 e. The van der Waals surface area contributed by atoms with Gasteiger partial charge in [-0.2, -0.15) is 0 Å². The maximum absolute atomic E-state index is 13.1. The summed E-state index contributed by atoms with van der Waals surface area (Å²) >= 11 is 6.02. The summed E-state index contributed by atoms with van der Waals surface area (Å²) in [6.45, 7) is 6.55. The Balaban J connectivity index is 2.04. The molecule has 0 atom stereocenters. The molecule has 8 nitrogen and oxygen atoms in total. The van der Waals surface area contributed by atoms with Crippen molar-refractivity contribution in [2.75, 3.05) is 18.1 Å². The minimum absolute atomic E-state index is 0.198. The number of ether oxygens (including phenoxy) is 1. The van der Waals surface area contributed by atoms with Gasteiger partial charge in [-0.1, -0.05) is 43.5 Å². The van der Waals surface area contributed by atoms with Gasteiger partial charge in [-0.25, -0.2) is 4.98 Å². The second kappa shape index (κ2) is 11.8. The Bertz CT molecular complexity index is 1200. The Labute approximate surface area is 204 Å². The van der Waals surface area contributed by atoms with E-state index >= 15 is 0 Å². The van der Waals surface area contributed by atoms with Crippen molar-refractivity contribution in [3.05, 3.63) is 51.9 Å². The average molecular weight is 487 g/mol. The first-order valence-corrected chi connectivity index (χ1v) is 12.1. The van der Waals surface area contributed by atoms with Crippen molar-refractivity contribution in [3.63, 3.8) is 0 Å². The first kappa shape index (κ1) is 25.5. The number of hydrogen-bond donors (Lipinski definition) is 0. The van der Waals surface area contributed by atoms with Crippen LogP contribution in [-0.4, -0.2) is 39.0 Å². The van der Waals surface area contributed by atoms with E-state index in [0.29, 0.717) is 48.4 Å². The van der Waals surface area contributed by atoms with E-state index < -0.39 is 0 Å². The molecule has 2 aromatic heterocycles. The van der Waals surface area contributed by atoms with Crippen molar-refractivity contribution < 1.29 is 14.3 Å². The van der Waals surface area contributed by atoms with Gasteiger partial charge in [0.2, 0.25) is 11.7 Å². The van der Waals surface area contributed by atoms with Gasteiger partial charge in [0.25, 0.3) is 5.56 Å². The maximum Gasteiger partial charge on any atom is 0.305 e. The van der Waals surface area contributed by atoms with Crippen molar-refractivity contribution in [1.82, 2.24) is 14.0 Å². The predicted molar refractivity (Wildman–Crippen MR) is 133 cm³/mol. The number of halogens is 1. The molecule has 0 bridgehead atoms. The van der Waals surface area contributed by atoms with Crippen molar-refractivity contribution in [1.29, 1.82) is 0 Å². The number of carbonyl (C=O) groups is 2. The minimum Gasteiger partial charge on any atom is -0.466 e. The Morgan fingerprint density at radius 3 is 2.50 bits per heavy atom. The molecule has 0 fully saturated rings. The Morgan fingerprint density at radius 1 is 1.12 bits per heavy atom. The summed E-state index contributed by atoms with van der Waals surface area (Å²) in [5.41, 5.74) is 1.21. The van der Waals surface area contributed by atoms with Crippen LogP contribution in [0.15, 0.2) is 41.3 Å². The molecule has 0 aliphatic rings. The highest BCUT2D eigenvalue weighted by Crippen LogP contribution is 2.24. The van der Waals surface area contributed by atoms with Gasteiger partial charge < -0.3 is 4.74 Å². The second-order valence-electron chi connectivity index (χ2n) is 8.08. The maximum atomic E-state index is 13.1. The van der Waals surface area contributed by atoms with E-state index in [-0.39, 0.29) is 23.9 Å². The lowest BCUT2D eigenvalue weighted by Crippen LogP contribution is -2.35. The predicted octanol–water partition coefficient (Wildman–Crippen LogP) is 4.70. The average Bonchev–Trinajstić information content (AvgIpc) is 3.25. The lowest BCUT2D eigenvalue weighted by molar-refractivity contribution is -0.143. The van der Waals surface area contributed by atoms with Crippen LogP contribution < -0.4 is 10.5 Å². The summed E-state index contributed by atoms with van der Waals surface area (Å²) in [5, 5.41) is 0.619. The monoisotopic (exact) mass is 486 g/mol. The summed E-state index contributed by atoms with van der Waals surface area (Å²) in [6.07, 6.45) is 5.25. The first-order valence-electron chi connectivity index (χ1n) is 11.7. The lowest BCUT2D eigenvalue weighted by atomic mass is 10.2. The summed E-state index contributed by atoms with van der Waals surface area (Å²) in [5.74, 6) is 0.447. The van der Waals surface area contributed by atoms with Crippen LogP contribution in [0.25, 0.3) is 17.0 Å². The molecular formula is C25H31ClN4O4. The SMILES string of the molecule is CCCCCn1c(N(CCCC(=O)OCC)C(C)=O)cc(=O)n2cc(-c3ccc(Cl)cc3)nc12. The molecule has 0 radical (unpaired) electrons. The van der Waals surface area contributed by atoms with E-state index in [9.17, 15) is 14.4 Å². The molecule has 0 saturated heterocycles. The van der Waals surface area contributed by atoms with Crippen LogP contribution in [0, 0.1) is 0 Å². The normalized spacial score (nSPS) is 11.1. The van der Waals surface area contributed by atoms with Gasteiger partial charge in [-0.05, 0) is 31.9 Å². The zero-order valence-corrected chi connectivity index (χ0v) is 20.7. The molecule has 1 amide bonds. The molecule has 3 aromatic rings. The van der Waals surface area contributed by atoms with Crippen LogP contribution in [0.3, 0.4) is 0 Å². The van der Waals surface area contributed by atoms with Gasteiger partial charge in [0.1, 0.15) is 5.82 Å². The van der Waals surface area contributed by atoms with Crippen LogP contribution in [0.4, 0.5) is 5.82 Å². The summed E-state index contributed by atoms with van der Waals surface area (Å²) in [6, 6.07) is 8.74. The van der Waals surface area contributed by atoms with Gasteiger partial charge >= 0.3 is 5.97 Å². The van der Waals surface area contributed by atoms with Crippen LogP contribution in [0.2, 0.25) is 5.02 Å². The van der Waals surface area contributed by atoms with Crippen LogP contribution in [-0.2, 0) is 20.9 Å². The zero-order valence-electron chi connectivity index (χ0n) is 19.9. The fourth-order valence-corrected chi connectivity index (χ4v) is 3.98. The second-order valence-corrected chi connectivity index (χ2v) is 8.52.